The van der Waals surface area contributed by atoms with Crippen LogP contribution < -0.4 is 11.4 Å². The summed E-state index contributed by atoms with van der Waals surface area (Å²) in [7, 11) is 0. The van der Waals surface area contributed by atoms with Crippen LogP contribution in [0.3, 0.4) is 0 Å². The van der Waals surface area contributed by atoms with Crippen LogP contribution in [0.25, 0.3) is 0 Å². The van der Waals surface area contributed by atoms with Crippen molar-refractivity contribution >= 4 is 0 Å². The molecule has 0 fully saturated rings. The Kier molecular flexibility index (Phi) is 3.76. The van der Waals surface area contributed by atoms with Crippen molar-refractivity contribution in [1.29, 1.82) is 0 Å². The van der Waals surface area contributed by atoms with Gasteiger partial charge in [-0.05, 0) is 12.8 Å². The van der Waals surface area contributed by atoms with Gasteiger partial charge in [0, 0.05) is 12.2 Å². The van der Waals surface area contributed by atoms with Gasteiger partial charge >= 0.3 is 5.69 Å². The zero-order chi connectivity index (χ0) is 9.68. The Labute approximate surface area is 77.6 Å². The number of hydrogen-bond acceptors (Lipinski definition) is 2. The van der Waals surface area contributed by atoms with Gasteiger partial charge in [-0.3, -0.25) is 0 Å². The first-order valence-electron chi connectivity index (χ1n) is 4.78. The molecule has 1 aromatic heterocycles. The van der Waals surface area contributed by atoms with Gasteiger partial charge in [0.25, 0.3) is 0 Å². The van der Waals surface area contributed by atoms with Crippen LogP contribution in [0.4, 0.5) is 0 Å². The van der Waals surface area contributed by atoms with Crippen LogP contribution >= 0.6 is 0 Å². The molecule has 0 aromatic carbocycles. The van der Waals surface area contributed by atoms with E-state index >= 15 is 0 Å². The van der Waals surface area contributed by atoms with Gasteiger partial charge in [0.05, 0.1) is 5.69 Å². The highest BCUT2D eigenvalue weighted by molar-refractivity contribution is 5.10. The summed E-state index contributed by atoms with van der Waals surface area (Å²) < 4.78 is 0. The lowest BCUT2D eigenvalue weighted by atomic mass is 10.1. The molecule has 0 amide bonds. The van der Waals surface area contributed by atoms with Crippen molar-refractivity contribution in [3.8, 4) is 0 Å². The molecule has 0 bridgehead atoms. The third-order valence-electron chi connectivity index (χ3n) is 2.13. The number of nitrogens with one attached hydrogen (secondary N) is 2. The summed E-state index contributed by atoms with van der Waals surface area (Å²) in [5.41, 5.74) is 7.15. The van der Waals surface area contributed by atoms with E-state index in [2.05, 4.69) is 16.9 Å². The van der Waals surface area contributed by atoms with Crippen molar-refractivity contribution in [2.24, 2.45) is 5.73 Å². The second kappa shape index (κ2) is 4.87. The molecule has 1 rings (SSSR count). The molecule has 4 heteroatoms. The summed E-state index contributed by atoms with van der Waals surface area (Å²) in [6.45, 7) is 2.56. The predicted octanol–water partition coefficient (Wildman–Crippen LogP) is 0.894. The van der Waals surface area contributed by atoms with Crippen LogP contribution in [0.2, 0.25) is 0 Å². The Morgan fingerprint density at radius 2 is 1.92 bits per heavy atom. The van der Waals surface area contributed by atoms with Crippen LogP contribution in [0.5, 0.6) is 0 Å². The quantitative estimate of drug-likeness (QED) is 0.593. The Morgan fingerprint density at radius 3 is 2.54 bits per heavy atom. The molecule has 4 N–H and O–H groups in total. The normalized spacial score (nSPS) is 10.6. The molecule has 0 spiro atoms. The summed E-state index contributed by atoms with van der Waals surface area (Å²) >= 11 is 0. The topological polar surface area (TPSA) is 74.7 Å². The minimum absolute atomic E-state index is 0.146. The Bertz CT molecular complexity index is 300. The van der Waals surface area contributed by atoms with Gasteiger partial charge < -0.3 is 15.7 Å². The summed E-state index contributed by atoms with van der Waals surface area (Å²) in [5.74, 6) is 0. The van der Waals surface area contributed by atoms with Gasteiger partial charge in [-0.15, -0.1) is 0 Å². The molecule has 0 unspecified atom stereocenters. The molecule has 0 atom stereocenters. The number of hydrogen-bond donors (Lipinski definition) is 3. The number of imidazole rings is 1. The monoisotopic (exact) mass is 183 g/mol. The van der Waals surface area contributed by atoms with Gasteiger partial charge in [0.1, 0.15) is 0 Å². The molecule has 13 heavy (non-hydrogen) atoms. The Morgan fingerprint density at radius 1 is 1.23 bits per heavy atom. The van der Waals surface area contributed by atoms with E-state index in [9.17, 15) is 4.79 Å². The van der Waals surface area contributed by atoms with Crippen molar-refractivity contribution in [2.45, 2.75) is 39.2 Å². The molecule has 0 aliphatic heterocycles. The molecule has 1 heterocycles. The van der Waals surface area contributed by atoms with Crippen LogP contribution in [-0.4, -0.2) is 9.97 Å². The average molecular weight is 183 g/mol. The lowest BCUT2D eigenvalue weighted by Gasteiger charge is -1.99. The number of aromatic nitrogens is 2. The predicted molar refractivity (Wildman–Crippen MR) is 52.5 cm³/mol. The van der Waals surface area contributed by atoms with E-state index in [0.717, 1.165) is 24.2 Å². The Hall–Kier alpha value is -1.03. The van der Waals surface area contributed by atoms with E-state index in [1.807, 2.05) is 0 Å². The maximum Gasteiger partial charge on any atom is 0.323 e. The van der Waals surface area contributed by atoms with Crippen LogP contribution in [0.15, 0.2) is 4.79 Å². The van der Waals surface area contributed by atoms with Gasteiger partial charge in [0.15, 0.2) is 0 Å². The number of rotatable bonds is 5. The van der Waals surface area contributed by atoms with Crippen molar-refractivity contribution in [1.82, 2.24) is 9.97 Å². The molecule has 1 aromatic rings. The largest absolute Gasteiger partial charge is 0.325 e. The molecule has 0 saturated carbocycles. The van der Waals surface area contributed by atoms with E-state index in [1.165, 1.54) is 12.8 Å². The summed E-state index contributed by atoms with van der Waals surface area (Å²) in [5, 5.41) is 0. The zero-order valence-corrected chi connectivity index (χ0v) is 8.02. The van der Waals surface area contributed by atoms with Gasteiger partial charge in [-0.1, -0.05) is 19.8 Å². The molecular formula is C9H17N3O. The first-order chi connectivity index (χ1) is 6.27. The Balaban J connectivity index is 2.59. The summed E-state index contributed by atoms with van der Waals surface area (Å²) in [6, 6.07) is 0. The van der Waals surface area contributed by atoms with Gasteiger partial charge in [-0.25, -0.2) is 4.79 Å². The second-order valence-electron chi connectivity index (χ2n) is 3.20. The molecule has 0 saturated heterocycles. The van der Waals surface area contributed by atoms with Crippen LogP contribution in [0, 0.1) is 0 Å². The molecule has 0 radical (unpaired) electrons. The van der Waals surface area contributed by atoms with E-state index in [0.29, 0.717) is 6.54 Å². The lowest BCUT2D eigenvalue weighted by Crippen LogP contribution is -2.03. The van der Waals surface area contributed by atoms with Gasteiger partial charge in [0.2, 0.25) is 0 Å². The van der Waals surface area contributed by atoms with E-state index in [4.69, 9.17) is 5.73 Å². The standard InChI is InChI=1S/C9H17N3O/c1-2-3-4-5-7-8(6-10)12-9(13)11-7/h2-6,10H2,1H3,(H2,11,12,13). The number of H-pyrrole nitrogens is 2. The molecule has 4 nitrogen and oxygen atoms in total. The maximum atomic E-state index is 10.9. The first kappa shape index (κ1) is 10.1. The second-order valence-corrected chi connectivity index (χ2v) is 3.20. The number of aromatic amines is 2. The van der Waals surface area contributed by atoms with Crippen molar-refractivity contribution < 1.29 is 0 Å². The van der Waals surface area contributed by atoms with E-state index < -0.39 is 0 Å². The maximum absolute atomic E-state index is 10.9. The third-order valence-corrected chi connectivity index (χ3v) is 2.13. The van der Waals surface area contributed by atoms with Crippen molar-refractivity contribution in [2.75, 3.05) is 0 Å². The van der Waals surface area contributed by atoms with Crippen molar-refractivity contribution in [3.05, 3.63) is 21.9 Å². The smallest absolute Gasteiger partial charge is 0.323 e. The summed E-state index contributed by atoms with van der Waals surface area (Å²) in [4.78, 5) is 16.4. The molecular weight excluding hydrogens is 166 g/mol. The number of unbranched alkanes of at least 4 members (excludes halogenated alkanes) is 2. The van der Waals surface area contributed by atoms with Crippen LogP contribution in [-0.2, 0) is 13.0 Å². The minimum Gasteiger partial charge on any atom is -0.325 e. The summed E-state index contributed by atoms with van der Waals surface area (Å²) in [6.07, 6.45) is 4.40. The van der Waals surface area contributed by atoms with E-state index in [-0.39, 0.29) is 5.69 Å². The number of nitrogens with two attached hydrogens (primary N) is 1. The average Bonchev–Trinajstić information content (AvgIpc) is 2.47. The SMILES string of the molecule is CCCCCc1[nH]c(=O)[nH]c1CN. The highest BCUT2D eigenvalue weighted by atomic mass is 16.1. The fraction of sp³-hybridized carbons (Fsp3) is 0.667. The van der Waals surface area contributed by atoms with Crippen molar-refractivity contribution in [3.63, 3.8) is 0 Å². The molecule has 74 valence electrons. The minimum atomic E-state index is -0.146. The van der Waals surface area contributed by atoms with E-state index in [1.54, 1.807) is 0 Å². The molecule has 0 aliphatic rings. The fourth-order valence-corrected chi connectivity index (χ4v) is 1.40. The molecule has 0 aliphatic carbocycles. The third kappa shape index (κ3) is 2.73. The highest BCUT2D eigenvalue weighted by Crippen LogP contribution is 2.05. The lowest BCUT2D eigenvalue weighted by molar-refractivity contribution is 0.703. The van der Waals surface area contributed by atoms with Crippen LogP contribution in [0.1, 0.15) is 37.6 Å². The van der Waals surface area contributed by atoms with Gasteiger partial charge in [-0.2, -0.15) is 0 Å². The highest BCUT2D eigenvalue weighted by Gasteiger charge is 2.03. The number of aryl methyl sites for hydroxylation is 1. The fourth-order valence-electron chi connectivity index (χ4n) is 1.40. The zero-order valence-electron chi connectivity index (χ0n) is 8.02. The first-order valence-corrected chi connectivity index (χ1v) is 4.78.